The topological polar surface area (TPSA) is 78.8 Å². The zero-order valence-electron chi connectivity index (χ0n) is 19.3. The molecule has 3 heterocycles. The Morgan fingerprint density at radius 3 is 2.09 bits per heavy atom. The lowest BCUT2D eigenvalue weighted by Gasteiger charge is -2.30. The van der Waals surface area contributed by atoms with Crippen molar-refractivity contribution in [1.82, 2.24) is 15.0 Å². The van der Waals surface area contributed by atoms with Gasteiger partial charge in [0.1, 0.15) is 5.75 Å². The summed E-state index contributed by atoms with van der Waals surface area (Å²) >= 11 is 0. The van der Waals surface area contributed by atoms with Crippen LogP contribution in [0.5, 0.6) is 5.75 Å². The Morgan fingerprint density at radius 1 is 0.906 bits per heavy atom. The number of ether oxygens (including phenoxy) is 1. The van der Waals surface area contributed by atoms with Crippen LogP contribution in [0.3, 0.4) is 0 Å². The first-order valence-electron chi connectivity index (χ1n) is 12.0. The van der Waals surface area contributed by atoms with E-state index in [1.165, 1.54) is 38.5 Å². The van der Waals surface area contributed by atoms with Gasteiger partial charge in [0.05, 0.1) is 12.8 Å². The van der Waals surface area contributed by atoms with Crippen molar-refractivity contribution in [2.45, 2.75) is 52.4 Å². The predicted molar refractivity (Wildman–Crippen MR) is 130 cm³/mol. The lowest BCUT2D eigenvalue weighted by Crippen LogP contribution is -2.34. The second-order valence-corrected chi connectivity index (χ2v) is 8.97. The van der Waals surface area contributed by atoms with E-state index in [2.05, 4.69) is 44.1 Å². The van der Waals surface area contributed by atoms with Crippen LogP contribution in [-0.4, -0.2) is 54.0 Å². The van der Waals surface area contributed by atoms with Gasteiger partial charge in [0, 0.05) is 31.7 Å². The Balaban J connectivity index is 1.52. The van der Waals surface area contributed by atoms with E-state index in [1.54, 1.807) is 6.21 Å². The zero-order chi connectivity index (χ0) is 22.2. The van der Waals surface area contributed by atoms with E-state index in [0.29, 0.717) is 18.5 Å². The summed E-state index contributed by atoms with van der Waals surface area (Å²) in [5.41, 5.74) is 3.96. The Hall–Kier alpha value is -2.90. The summed E-state index contributed by atoms with van der Waals surface area (Å²) in [4.78, 5) is 18.7. The molecule has 0 aliphatic carbocycles. The van der Waals surface area contributed by atoms with Gasteiger partial charge >= 0.3 is 0 Å². The SMILES string of the molecule is CC(C)COc1ccccc1/C=N\Nc1nc(N2CCCCC2)nc(N2CCCCC2)n1. The van der Waals surface area contributed by atoms with Gasteiger partial charge in [-0.05, 0) is 56.6 Å². The smallest absolute Gasteiger partial charge is 0.250 e. The highest BCUT2D eigenvalue weighted by Gasteiger charge is 2.20. The molecule has 0 radical (unpaired) electrons. The molecule has 8 heteroatoms. The summed E-state index contributed by atoms with van der Waals surface area (Å²) < 4.78 is 5.92. The van der Waals surface area contributed by atoms with Crippen molar-refractivity contribution in [3.8, 4) is 5.75 Å². The Kier molecular flexibility index (Phi) is 7.74. The minimum Gasteiger partial charge on any atom is -0.493 e. The monoisotopic (exact) mass is 437 g/mol. The summed E-state index contributed by atoms with van der Waals surface area (Å²) in [6, 6.07) is 7.92. The number of anilines is 3. The molecule has 0 amide bonds. The average Bonchev–Trinajstić information content (AvgIpc) is 2.84. The van der Waals surface area contributed by atoms with E-state index in [1.807, 2.05) is 24.3 Å². The maximum atomic E-state index is 5.92. The lowest BCUT2D eigenvalue weighted by atomic mass is 10.1. The molecule has 4 rings (SSSR count). The summed E-state index contributed by atoms with van der Waals surface area (Å²) in [5.74, 6) is 3.27. The van der Waals surface area contributed by atoms with Crippen molar-refractivity contribution in [2.24, 2.45) is 11.0 Å². The third-order valence-corrected chi connectivity index (χ3v) is 5.75. The van der Waals surface area contributed by atoms with Crippen molar-refractivity contribution in [3.05, 3.63) is 29.8 Å². The first kappa shape index (κ1) is 22.3. The molecule has 0 unspecified atom stereocenters. The van der Waals surface area contributed by atoms with E-state index in [-0.39, 0.29) is 0 Å². The number of rotatable bonds is 8. The number of hydrogen-bond donors (Lipinski definition) is 1. The van der Waals surface area contributed by atoms with Crippen molar-refractivity contribution < 1.29 is 4.74 Å². The number of aromatic nitrogens is 3. The number of hydrogen-bond acceptors (Lipinski definition) is 8. The fraction of sp³-hybridized carbons (Fsp3) is 0.583. The molecule has 1 N–H and O–H groups in total. The molecule has 2 aliphatic heterocycles. The van der Waals surface area contributed by atoms with Gasteiger partial charge in [0.2, 0.25) is 17.8 Å². The first-order chi connectivity index (χ1) is 15.7. The normalized spacial score (nSPS) is 17.2. The van der Waals surface area contributed by atoms with E-state index < -0.39 is 0 Å². The largest absolute Gasteiger partial charge is 0.493 e. The van der Waals surface area contributed by atoms with Gasteiger partial charge in [-0.15, -0.1) is 0 Å². The average molecular weight is 438 g/mol. The molecule has 0 bridgehead atoms. The summed E-state index contributed by atoms with van der Waals surface area (Å²) in [6.07, 6.45) is 9.03. The first-order valence-corrected chi connectivity index (χ1v) is 12.0. The number of nitrogens with one attached hydrogen (secondary N) is 1. The number of para-hydroxylation sites is 1. The molecule has 2 saturated heterocycles. The van der Waals surface area contributed by atoms with Gasteiger partial charge in [-0.3, -0.25) is 0 Å². The van der Waals surface area contributed by atoms with Gasteiger partial charge in [0.25, 0.3) is 0 Å². The van der Waals surface area contributed by atoms with Gasteiger partial charge in [-0.25, -0.2) is 5.43 Å². The minimum atomic E-state index is 0.463. The lowest BCUT2D eigenvalue weighted by molar-refractivity contribution is 0.271. The highest BCUT2D eigenvalue weighted by molar-refractivity contribution is 5.83. The number of piperidine rings is 2. The molecule has 0 atom stereocenters. The fourth-order valence-electron chi connectivity index (χ4n) is 4.01. The van der Waals surface area contributed by atoms with Crippen LogP contribution in [0, 0.1) is 5.92 Å². The van der Waals surface area contributed by atoms with Crippen LogP contribution in [0.15, 0.2) is 29.4 Å². The molecule has 8 nitrogen and oxygen atoms in total. The van der Waals surface area contributed by atoms with E-state index in [0.717, 1.165) is 49.4 Å². The van der Waals surface area contributed by atoms with Crippen LogP contribution in [0.25, 0.3) is 0 Å². The highest BCUT2D eigenvalue weighted by Crippen LogP contribution is 2.23. The molecule has 0 saturated carbocycles. The highest BCUT2D eigenvalue weighted by atomic mass is 16.5. The van der Waals surface area contributed by atoms with Gasteiger partial charge < -0.3 is 14.5 Å². The number of benzene rings is 1. The van der Waals surface area contributed by atoms with Crippen molar-refractivity contribution >= 4 is 24.1 Å². The van der Waals surface area contributed by atoms with E-state index >= 15 is 0 Å². The molecule has 1 aromatic heterocycles. The van der Waals surface area contributed by atoms with Crippen LogP contribution >= 0.6 is 0 Å². The third-order valence-electron chi connectivity index (χ3n) is 5.75. The summed E-state index contributed by atoms with van der Waals surface area (Å²) in [5, 5.41) is 4.43. The van der Waals surface area contributed by atoms with Crippen LogP contribution in [0.4, 0.5) is 17.8 Å². The number of nitrogens with zero attached hydrogens (tertiary/aromatic N) is 6. The Bertz CT molecular complexity index is 853. The number of hydrazone groups is 1. The Morgan fingerprint density at radius 2 is 1.50 bits per heavy atom. The molecule has 1 aromatic carbocycles. The second kappa shape index (κ2) is 11.1. The zero-order valence-corrected chi connectivity index (χ0v) is 19.3. The van der Waals surface area contributed by atoms with Crippen molar-refractivity contribution in [2.75, 3.05) is 48.0 Å². The molecular formula is C24H35N7O. The van der Waals surface area contributed by atoms with E-state index in [9.17, 15) is 0 Å². The van der Waals surface area contributed by atoms with Gasteiger partial charge in [-0.1, -0.05) is 26.0 Å². The maximum absolute atomic E-state index is 5.92. The van der Waals surface area contributed by atoms with Crippen LogP contribution in [0.2, 0.25) is 0 Å². The molecule has 2 aromatic rings. The molecule has 2 aliphatic rings. The molecule has 172 valence electrons. The summed E-state index contributed by atoms with van der Waals surface area (Å²) in [7, 11) is 0. The Labute approximate surface area is 191 Å². The van der Waals surface area contributed by atoms with Gasteiger partial charge in [-0.2, -0.15) is 20.1 Å². The molecule has 2 fully saturated rings. The third kappa shape index (κ3) is 6.08. The van der Waals surface area contributed by atoms with Gasteiger partial charge in [0.15, 0.2) is 0 Å². The van der Waals surface area contributed by atoms with Crippen LogP contribution in [0.1, 0.15) is 57.9 Å². The van der Waals surface area contributed by atoms with E-state index in [4.69, 9.17) is 9.72 Å². The van der Waals surface area contributed by atoms with Crippen LogP contribution in [-0.2, 0) is 0 Å². The predicted octanol–water partition coefficient (Wildman–Crippen LogP) is 4.33. The summed E-state index contributed by atoms with van der Waals surface area (Å²) in [6.45, 7) is 8.92. The minimum absolute atomic E-state index is 0.463. The van der Waals surface area contributed by atoms with Crippen molar-refractivity contribution in [3.63, 3.8) is 0 Å². The second-order valence-electron chi connectivity index (χ2n) is 8.97. The molecular weight excluding hydrogens is 402 g/mol. The maximum Gasteiger partial charge on any atom is 0.250 e. The quantitative estimate of drug-likeness (QED) is 0.486. The standard InChI is InChI=1S/C24H35N7O/c1-19(2)18-32-21-12-6-5-11-20(21)17-25-29-22-26-23(30-13-7-3-8-14-30)28-24(27-22)31-15-9-4-10-16-31/h5-6,11-12,17,19H,3-4,7-10,13-16,18H2,1-2H3,(H,26,27,28,29)/b25-17-. The van der Waals surface area contributed by atoms with Crippen LogP contribution < -0.4 is 20.0 Å². The molecule has 0 spiro atoms. The molecule has 32 heavy (non-hydrogen) atoms. The fourth-order valence-corrected chi connectivity index (χ4v) is 4.01. The van der Waals surface area contributed by atoms with Crippen molar-refractivity contribution in [1.29, 1.82) is 0 Å².